The first kappa shape index (κ1) is 21.2. The Hall–Kier alpha value is -3.08. The zero-order valence-electron chi connectivity index (χ0n) is 18.2. The van der Waals surface area contributed by atoms with Crippen LogP contribution in [0.15, 0.2) is 54.7 Å². The predicted molar refractivity (Wildman–Crippen MR) is 124 cm³/mol. The molecule has 31 heavy (non-hydrogen) atoms. The number of amides is 2. The van der Waals surface area contributed by atoms with E-state index in [4.69, 9.17) is 0 Å². The van der Waals surface area contributed by atoms with Crippen molar-refractivity contribution in [3.63, 3.8) is 0 Å². The van der Waals surface area contributed by atoms with Gasteiger partial charge >= 0.3 is 0 Å². The van der Waals surface area contributed by atoms with Gasteiger partial charge in [-0.25, -0.2) is 0 Å². The van der Waals surface area contributed by atoms with Gasteiger partial charge in [-0.15, -0.1) is 0 Å². The minimum Gasteiger partial charge on any atom is -0.361 e. The maximum absolute atomic E-state index is 12.8. The second-order valence-electron chi connectivity index (χ2n) is 8.55. The molecule has 0 aliphatic carbocycles. The predicted octanol–water partition coefficient (Wildman–Crippen LogP) is 4.47. The van der Waals surface area contributed by atoms with Crippen LogP contribution in [0.4, 0.5) is 0 Å². The lowest BCUT2D eigenvalue weighted by Crippen LogP contribution is -2.39. The van der Waals surface area contributed by atoms with Crippen LogP contribution in [0.25, 0.3) is 10.9 Å². The summed E-state index contributed by atoms with van der Waals surface area (Å²) in [6.45, 7) is 4.20. The summed E-state index contributed by atoms with van der Waals surface area (Å²) in [5.41, 5.74) is 4.20. The van der Waals surface area contributed by atoms with Crippen LogP contribution in [-0.4, -0.2) is 41.3 Å². The Morgan fingerprint density at radius 2 is 1.81 bits per heavy atom. The van der Waals surface area contributed by atoms with E-state index in [2.05, 4.69) is 22.4 Å². The van der Waals surface area contributed by atoms with Gasteiger partial charge in [0.1, 0.15) is 0 Å². The number of nitrogens with zero attached hydrogens (tertiary/aromatic N) is 1. The van der Waals surface area contributed by atoms with Crippen LogP contribution >= 0.6 is 0 Å². The van der Waals surface area contributed by atoms with Gasteiger partial charge in [0.25, 0.3) is 5.91 Å². The summed E-state index contributed by atoms with van der Waals surface area (Å²) in [4.78, 5) is 30.3. The van der Waals surface area contributed by atoms with Gasteiger partial charge in [-0.05, 0) is 61.8 Å². The fourth-order valence-corrected chi connectivity index (χ4v) is 4.51. The van der Waals surface area contributed by atoms with Crippen LogP contribution in [0.5, 0.6) is 0 Å². The number of fused-ring (bicyclic) bond motifs is 1. The zero-order chi connectivity index (χ0) is 21.6. The summed E-state index contributed by atoms with van der Waals surface area (Å²) in [5.74, 6) is 0.769. The first-order chi connectivity index (χ1) is 15.1. The van der Waals surface area contributed by atoms with Crippen LogP contribution in [0.3, 0.4) is 0 Å². The number of benzene rings is 2. The number of aromatic amines is 1. The highest BCUT2D eigenvalue weighted by Gasteiger charge is 2.24. The number of H-pyrrole nitrogens is 1. The maximum atomic E-state index is 12.8. The summed E-state index contributed by atoms with van der Waals surface area (Å²) in [5, 5.41) is 4.29. The molecule has 0 bridgehead atoms. The summed E-state index contributed by atoms with van der Waals surface area (Å²) < 4.78 is 0. The standard InChI is InChI=1S/C26H31N3O2/c1-19-6-2-3-7-22(19)26(31)29-16-13-20(14-17-29)10-11-25(30)27-15-12-21-18-28-24-9-5-4-8-23(21)24/h2-9,18,20,28H,10-17H2,1H3,(H,27,30). The molecule has 1 aliphatic rings. The van der Waals surface area contributed by atoms with Crippen molar-refractivity contribution < 1.29 is 9.59 Å². The molecule has 5 heteroatoms. The highest BCUT2D eigenvalue weighted by molar-refractivity contribution is 5.95. The van der Waals surface area contributed by atoms with E-state index >= 15 is 0 Å². The lowest BCUT2D eigenvalue weighted by molar-refractivity contribution is -0.121. The van der Waals surface area contributed by atoms with E-state index in [0.717, 1.165) is 55.4 Å². The minimum absolute atomic E-state index is 0.123. The van der Waals surface area contributed by atoms with Gasteiger partial charge in [0.05, 0.1) is 0 Å². The number of piperidine rings is 1. The summed E-state index contributed by atoms with van der Waals surface area (Å²) in [7, 11) is 0. The highest BCUT2D eigenvalue weighted by Crippen LogP contribution is 2.24. The van der Waals surface area contributed by atoms with Gasteiger partial charge in [-0.3, -0.25) is 9.59 Å². The molecule has 2 heterocycles. The molecular weight excluding hydrogens is 386 g/mol. The first-order valence-electron chi connectivity index (χ1n) is 11.3. The summed E-state index contributed by atoms with van der Waals surface area (Å²) in [6, 6.07) is 16.0. The Labute approximate surface area is 183 Å². The number of aryl methyl sites for hydroxylation is 1. The van der Waals surface area contributed by atoms with E-state index < -0.39 is 0 Å². The quantitative estimate of drug-likeness (QED) is 0.596. The van der Waals surface area contributed by atoms with Gasteiger partial charge in [0.15, 0.2) is 0 Å². The van der Waals surface area contributed by atoms with E-state index in [0.29, 0.717) is 18.9 Å². The van der Waals surface area contributed by atoms with E-state index in [1.807, 2.05) is 54.4 Å². The smallest absolute Gasteiger partial charge is 0.254 e. The maximum Gasteiger partial charge on any atom is 0.254 e. The lowest BCUT2D eigenvalue weighted by Gasteiger charge is -2.32. The van der Waals surface area contributed by atoms with Gasteiger partial charge in [0.2, 0.25) is 5.91 Å². The van der Waals surface area contributed by atoms with E-state index in [1.54, 1.807) is 0 Å². The van der Waals surface area contributed by atoms with Crippen molar-refractivity contribution in [3.05, 3.63) is 71.4 Å². The largest absolute Gasteiger partial charge is 0.361 e. The van der Waals surface area contributed by atoms with Crippen molar-refractivity contribution in [2.45, 2.75) is 39.0 Å². The van der Waals surface area contributed by atoms with Crippen LogP contribution in [0.1, 0.15) is 47.2 Å². The van der Waals surface area contributed by atoms with E-state index in [1.165, 1.54) is 10.9 Å². The monoisotopic (exact) mass is 417 g/mol. The average Bonchev–Trinajstić information content (AvgIpc) is 3.21. The number of carbonyl (C=O) groups is 2. The Morgan fingerprint density at radius 1 is 1.06 bits per heavy atom. The SMILES string of the molecule is Cc1ccccc1C(=O)N1CCC(CCC(=O)NCCc2c[nH]c3ccccc23)CC1. The molecule has 1 fully saturated rings. The highest BCUT2D eigenvalue weighted by atomic mass is 16.2. The summed E-state index contributed by atoms with van der Waals surface area (Å²) >= 11 is 0. The van der Waals surface area contributed by atoms with Crippen molar-refractivity contribution in [1.82, 2.24) is 15.2 Å². The molecule has 2 amide bonds. The average molecular weight is 418 g/mol. The molecule has 0 spiro atoms. The van der Waals surface area contributed by atoms with E-state index in [9.17, 15) is 9.59 Å². The van der Waals surface area contributed by atoms with Crippen LogP contribution in [-0.2, 0) is 11.2 Å². The van der Waals surface area contributed by atoms with Gasteiger partial charge in [-0.1, -0.05) is 36.4 Å². The Bertz CT molecular complexity index is 1050. The number of nitrogens with one attached hydrogen (secondary N) is 2. The molecule has 0 unspecified atom stereocenters. The van der Waals surface area contributed by atoms with Crippen molar-refractivity contribution in [1.29, 1.82) is 0 Å². The molecule has 0 atom stereocenters. The molecule has 5 nitrogen and oxygen atoms in total. The minimum atomic E-state index is 0.123. The molecule has 1 aromatic heterocycles. The number of rotatable bonds is 7. The molecule has 1 saturated heterocycles. The number of carbonyl (C=O) groups excluding carboxylic acids is 2. The van der Waals surface area contributed by atoms with Gasteiger partial charge in [-0.2, -0.15) is 0 Å². The number of hydrogen-bond acceptors (Lipinski definition) is 2. The second-order valence-corrected chi connectivity index (χ2v) is 8.55. The Morgan fingerprint density at radius 3 is 2.61 bits per heavy atom. The zero-order valence-corrected chi connectivity index (χ0v) is 18.2. The van der Waals surface area contributed by atoms with Gasteiger partial charge in [0, 0.05) is 48.7 Å². The number of hydrogen-bond donors (Lipinski definition) is 2. The molecule has 2 aromatic carbocycles. The number of aromatic nitrogens is 1. The molecule has 0 saturated carbocycles. The number of likely N-dealkylation sites (tertiary alicyclic amines) is 1. The van der Waals surface area contributed by atoms with Gasteiger partial charge < -0.3 is 15.2 Å². The first-order valence-corrected chi connectivity index (χ1v) is 11.3. The molecule has 0 radical (unpaired) electrons. The molecule has 4 rings (SSSR count). The van der Waals surface area contributed by atoms with Crippen molar-refractivity contribution in [3.8, 4) is 0 Å². The fraction of sp³-hybridized carbons (Fsp3) is 0.385. The van der Waals surface area contributed by atoms with Crippen molar-refractivity contribution >= 4 is 22.7 Å². The molecule has 1 aliphatic heterocycles. The summed E-state index contributed by atoms with van der Waals surface area (Å²) in [6.07, 6.45) is 6.26. The van der Waals surface area contributed by atoms with Crippen LogP contribution < -0.4 is 5.32 Å². The third kappa shape index (κ3) is 5.16. The molecule has 2 N–H and O–H groups in total. The van der Waals surface area contributed by atoms with Crippen LogP contribution in [0, 0.1) is 12.8 Å². The lowest BCUT2D eigenvalue weighted by atomic mass is 9.91. The number of para-hydroxylation sites is 1. The normalized spacial score (nSPS) is 14.7. The van der Waals surface area contributed by atoms with E-state index in [-0.39, 0.29) is 11.8 Å². The third-order valence-electron chi connectivity index (χ3n) is 6.45. The third-order valence-corrected chi connectivity index (χ3v) is 6.45. The fourth-order valence-electron chi connectivity index (χ4n) is 4.51. The molecule has 162 valence electrons. The topological polar surface area (TPSA) is 65.2 Å². The Balaban J connectivity index is 1.16. The van der Waals surface area contributed by atoms with Crippen LogP contribution in [0.2, 0.25) is 0 Å². The van der Waals surface area contributed by atoms with Crippen molar-refractivity contribution in [2.75, 3.05) is 19.6 Å². The molecular formula is C26H31N3O2. The molecule has 3 aromatic rings. The van der Waals surface area contributed by atoms with Crippen molar-refractivity contribution in [2.24, 2.45) is 5.92 Å². The second kappa shape index (κ2) is 9.82. The Kier molecular flexibility index (Phi) is 6.70.